The predicted molar refractivity (Wildman–Crippen MR) is 38.7 cm³/mol. The highest BCUT2D eigenvalue weighted by molar-refractivity contribution is 8.04. The average molecular weight is 154 g/mol. The summed E-state index contributed by atoms with van der Waals surface area (Å²) in [6.45, 7) is 1.73. The molecule has 4 heteroatoms. The maximum absolute atomic E-state index is 10.7. The van der Waals surface area contributed by atoms with Gasteiger partial charge in [-0.05, 0) is 6.26 Å². The van der Waals surface area contributed by atoms with Crippen molar-refractivity contribution in [1.82, 2.24) is 0 Å². The van der Waals surface area contributed by atoms with Crippen LogP contribution >= 0.6 is 19.1 Å². The molecular formula is C4H11O2PS. The van der Waals surface area contributed by atoms with E-state index in [1.54, 1.807) is 6.92 Å². The number of thioether (sulfide) groups is 1. The van der Waals surface area contributed by atoms with Gasteiger partial charge in [0.25, 0.3) is 0 Å². The van der Waals surface area contributed by atoms with Gasteiger partial charge in [0.2, 0.25) is 7.37 Å². The van der Waals surface area contributed by atoms with Gasteiger partial charge in [0.15, 0.2) is 0 Å². The lowest BCUT2D eigenvalue weighted by Crippen LogP contribution is -1.84. The van der Waals surface area contributed by atoms with Crippen molar-refractivity contribution >= 4 is 19.1 Å². The van der Waals surface area contributed by atoms with Gasteiger partial charge in [-0.3, -0.25) is 4.57 Å². The Hall–Kier alpha value is 0.540. The first-order chi connectivity index (χ1) is 3.62. The maximum Gasteiger partial charge on any atom is 0.209 e. The second-order valence-corrected chi connectivity index (χ2v) is 5.52. The molecule has 0 spiro atoms. The summed E-state index contributed by atoms with van der Waals surface area (Å²) < 4.78 is 10.7. The van der Waals surface area contributed by atoms with E-state index in [1.165, 1.54) is 11.8 Å². The largest absolute Gasteiger partial charge is 0.344 e. The second-order valence-electron chi connectivity index (χ2n) is 1.58. The van der Waals surface area contributed by atoms with Crippen LogP contribution < -0.4 is 0 Å². The van der Waals surface area contributed by atoms with Gasteiger partial charge in [0.1, 0.15) is 0 Å². The van der Waals surface area contributed by atoms with Crippen LogP contribution in [0.4, 0.5) is 0 Å². The molecule has 0 rings (SSSR count). The molecule has 0 fully saturated rings. The highest BCUT2D eigenvalue weighted by Gasteiger charge is 2.12. The fourth-order valence-corrected chi connectivity index (χ4v) is 2.64. The van der Waals surface area contributed by atoms with Crippen molar-refractivity contribution in [3.05, 3.63) is 0 Å². The molecule has 1 unspecified atom stereocenters. The van der Waals surface area contributed by atoms with E-state index in [-0.39, 0.29) is 0 Å². The Morgan fingerprint density at radius 2 is 2.25 bits per heavy atom. The second kappa shape index (κ2) is 3.54. The molecule has 0 aromatic carbocycles. The third kappa shape index (κ3) is 3.53. The van der Waals surface area contributed by atoms with Crippen molar-refractivity contribution < 1.29 is 9.46 Å². The Morgan fingerprint density at radius 3 is 2.38 bits per heavy atom. The summed E-state index contributed by atoms with van der Waals surface area (Å²) in [6, 6.07) is 0. The van der Waals surface area contributed by atoms with E-state index in [1.807, 2.05) is 6.26 Å². The number of rotatable bonds is 3. The van der Waals surface area contributed by atoms with Crippen molar-refractivity contribution in [2.45, 2.75) is 6.92 Å². The zero-order chi connectivity index (χ0) is 6.62. The molecule has 2 nitrogen and oxygen atoms in total. The van der Waals surface area contributed by atoms with Crippen LogP contribution in [0.2, 0.25) is 0 Å². The van der Waals surface area contributed by atoms with E-state index >= 15 is 0 Å². The highest BCUT2D eigenvalue weighted by Crippen LogP contribution is 2.42. The van der Waals surface area contributed by atoms with Crippen LogP contribution in [0.3, 0.4) is 0 Å². The summed E-state index contributed by atoms with van der Waals surface area (Å²) in [7, 11) is -2.71. The van der Waals surface area contributed by atoms with Gasteiger partial charge in [-0.15, -0.1) is 0 Å². The van der Waals surface area contributed by atoms with Crippen LogP contribution in [0, 0.1) is 0 Å². The smallest absolute Gasteiger partial charge is 0.209 e. The first-order valence-corrected chi connectivity index (χ1v) is 5.84. The molecule has 0 amide bonds. The van der Waals surface area contributed by atoms with Crippen molar-refractivity contribution in [2.24, 2.45) is 0 Å². The van der Waals surface area contributed by atoms with E-state index in [2.05, 4.69) is 0 Å². The van der Waals surface area contributed by atoms with E-state index < -0.39 is 7.37 Å². The van der Waals surface area contributed by atoms with Gasteiger partial charge in [-0.1, -0.05) is 6.92 Å². The van der Waals surface area contributed by atoms with E-state index in [4.69, 9.17) is 4.89 Å². The Kier molecular flexibility index (Phi) is 3.78. The van der Waals surface area contributed by atoms with Gasteiger partial charge in [-0.25, -0.2) is 0 Å². The van der Waals surface area contributed by atoms with Gasteiger partial charge >= 0.3 is 0 Å². The molecular weight excluding hydrogens is 143 g/mol. The summed E-state index contributed by atoms with van der Waals surface area (Å²) in [4.78, 5) is 8.86. The minimum atomic E-state index is -2.71. The molecule has 0 saturated carbocycles. The molecule has 0 aromatic rings. The van der Waals surface area contributed by atoms with E-state index in [0.29, 0.717) is 11.7 Å². The average Bonchev–Trinajstić information content (AvgIpc) is 1.67. The molecule has 1 atom stereocenters. The molecule has 0 aliphatic carbocycles. The van der Waals surface area contributed by atoms with Gasteiger partial charge < -0.3 is 4.89 Å². The highest BCUT2D eigenvalue weighted by atomic mass is 32.2. The van der Waals surface area contributed by atoms with Crippen molar-refractivity contribution in [1.29, 1.82) is 0 Å². The van der Waals surface area contributed by atoms with Gasteiger partial charge in [0, 0.05) is 6.16 Å². The van der Waals surface area contributed by atoms with Gasteiger partial charge in [-0.2, -0.15) is 11.8 Å². The molecule has 0 aliphatic heterocycles. The summed E-state index contributed by atoms with van der Waals surface area (Å²) in [5, 5.41) is 0. The summed E-state index contributed by atoms with van der Waals surface area (Å²) >= 11 is 1.42. The Balaban J connectivity index is 3.55. The lowest BCUT2D eigenvalue weighted by Gasteiger charge is -2.03. The van der Waals surface area contributed by atoms with Crippen LogP contribution in [0.1, 0.15) is 6.92 Å². The molecule has 0 saturated heterocycles. The van der Waals surface area contributed by atoms with Crippen LogP contribution in [0.25, 0.3) is 0 Å². The van der Waals surface area contributed by atoms with Crippen molar-refractivity contribution in [3.8, 4) is 0 Å². The molecule has 0 radical (unpaired) electrons. The zero-order valence-corrected chi connectivity index (χ0v) is 6.84. The SMILES string of the molecule is CCP(=O)(O)CSC. The Morgan fingerprint density at radius 1 is 1.75 bits per heavy atom. The van der Waals surface area contributed by atoms with Crippen LogP contribution in [-0.4, -0.2) is 22.8 Å². The Labute approximate surface area is 54.1 Å². The number of hydrogen-bond donors (Lipinski definition) is 1. The van der Waals surface area contributed by atoms with E-state index in [9.17, 15) is 4.57 Å². The Bertz CT molecular complexity index is 104. The van der Waals surface area contributed by atoms with Crippen LogP contribution in [0.5, 0.6) is 0 Å². The van der Waals surface area contributed by atoms with Crippen LogP contribution in [0.15, 0.2) is 0 Å². The minimum Gasteiger partial charge on any atom is -0.344 e. The third-order valence-electron chi connectivity index (χ3n) is 0.825. The first kappa shape index (κ1) is 8.54. The fourth-order valence-electron chi connectivity index (χ4n) is 0.293. The lowest BCUT2D eigenvalue weighted by molar-refractivity contribution is 0.485. The summed E-state index contributed by atoms with van der Waals surface area (Å²) in [5.74, 6) is 0. The maximum atomic E-state index is 10.7. The quantitative estimate of drug-likeness (QED) is 0.627. The lowest BCUT2D eigenvalue weighted by atomic mass is 11.0. The zero-order valence-electron chi connectivity index (χ0n) is 5.13. The molecule has 8 heavy (non-hydrogen) atoms. The van der Waals surface area contributed by atoms with Crippen molar-refractivity contribution in [2.75, 3.05) is 17.9 Å². The third-order valence-corrected chi connectivity index (χ3v) is 4.46. The summed E-state index contributed by atoms with van der Waals surface area (Å²) in [6.07, 6.45) is 2.23. The monoisotopic (exact) mass is 154 g/mol. The van der Waals surface area contributed by atoms with E-state index in [0.717, 1.165) is 0 Å². The summed E-state index contributed by atoms with van der Waals surface area (Å²) in [5.41, 5.74) is 0.392. The predicted octanol–water partition coefficient (Wildman–Crippen LogP) is 1.60. The molecule has 0 aliphatic rings. The normalized spacial score (nSPS) is 17.9. The minimum absolute atomic E-state index is 0.392. The fraction of sp³-hybridized carbons (Fsp3) is 1.00. The topological polar surface area (TPSA) is 37.3 Å². The first-order valence-electron chi connectivity index (χ1n) is 2.42. The molecule has 0 bridgehead atoms. The van der Waals surface area contributed by atoms with Crippen LogP contribution in [-0.2, 0) is 4.57 Å². The standard InChI is InChI=1S/C4H11O2PS/c1-3-7(5,6)4-8-2/h3-4H2,1-2H3,(H,5,6). The molecule has 0 heterocycles. The molecule has 50 valence electrons. The van der Waals surface area contributed by atoms with Crippen molar-refractivity contribution in [3.63, 3.8) is 0 Å². The molecule has 0 aromatic heterocycles. The number of hydrogen-bond acceptors (Lipinski definition) is 2. The molecule has 1 N–H and O–H groups in total. The van der Waals surface area contributed by atoms with Gasteiger partial charge in [0.05, 0.1) is 5.49 Å².